The van der Waals surface area contributed by atoms with Crippen molar-refractivity contribution in [1.29, 1.82) is 0 Å². The number of rotatable bonds is 9. The highest BCUT2D eigenvalue weighted by atomic mass is 16.5. The molecule has 2 N–H and O–H groups in total. The summed E-state index contributed by atoms with van der Waals surface area (Å²) in [5.74, 6) is 3.77. The molecule has 44 heavy (non-hydrogen) atoms. The van der Waals surface area contributed by atoms with Crippen molar-refractivity contribution in [1.82, 2.24) is 15.2 Å². The first-order valence-corrected chi connectivity index (χ1v) is 16.6. The van der Waals surface area contributed by atoms with Gasteiger partial charge in [-0.25, -0.2) is 0 Å². The molecule has 1 aliphatic heterocycles. The molecule has 0 radical (unpaired) electrons. The molecule has 1 saturated heterocycles. The number of nitrogens with zero attached hydrogens (tertiary/aromatic N) is 3. The lowest BCUT2D eigenvalue weighted by Crippen LogP contribution is -2.51. The van der Waals surface area contributed by atoms with Gasteiger partial charge in [0.2, 0.25) is 0 Å². The van der Waals surface area contributed by atoms with E-state index in [1.165, 1.54) is 56.0 Å². The molecule has 7 nitrogen and oxygen atoms in total. The number of aromatic nitrogens is 1. The second-order valence-electron chi connectivity index (χ2n) is 14.4. The summed E-state index contributed by atoms with van der Waals surface area (Å²) >= 11 is 0. The fraction of sp³-hybridized carbons (Fsp3) is 0.514. The molecule has 4 saturated carbocycles. The fourth-order valence-electron chi connectivity index (χ4n) is 8.97. The first-order valence-electron chi connectivity index (χ1n) is 16.6. The van der Waals surface area contributed by atoms with Gasteiger partial charge in [0.05, 0.1) is 12.3 Å². The van der Waals surface area contributed by atoms with Crippen LogP contribution in [0, 0.1) is 23.2 Å². The molecule has 7 heteroatoms. The maximum atomic E-state index is 13.1. The van der Waals surface area contributed by atoms with Gasteiger partial charge < -0.3 is 20.1 Å². The van der Waals surface area contributed by atoms with E-state index in [2.05, 4.69) is 44.4 Å². The predicted octanol–water partition coefficient (Wildman–Crippen LogP) is 6.51. The fourth-order valence-corrected chi connectivity index (χ4v) is 8.97. The summed E-state index contributed by atoms with van der Waals surface area (Å²) in [5, 5.41) is 13.3. The summed E-state index contributed by atoms with van der Waals surface area (Å²) in [4.78, 5) is 22.1. The van der Waals surface area contributed by atoms with E-state index in [-0.39, 0.29) is 17.8 Å². The van der Waals surface area contributed by atoms with Gasteiger partial charge in [-0.2, -0.15) is 0 Å². The third kappa shape index (κ3) is 6.44. The quantitative estimate of drug-likeness (QED) is 0.294. The second kappa shape index (κ2) is 12.1. The van der Waals surface area contributed by atoms with Crippen LogP contribution in [0.15, 0.2) is 60.9 Å². The minimum Gasteiger partial charge on any atom is -0.506 e. The highest BCUT2D eigenvalue weighted by Crippen LogP contribution is 2.59. The Hall–Kier alpha value is -3.58. The number of carbonyl (C=O) groups is 1. The topological polar surface area (TPSA) is 77.9 Å². The Kier molecular flexibility index (Phi) is 8.00. The van der Waals surface area contributed by atoms with Crippen LogP contribution in [0.25, 0.3) is 11.1 Å². The Labute approximate surface area is 261 Å². The van der Waals surface area contributed by atoms with E-state index in [4.69, 9.17) is 4.74 Å². The molecule has 0 unspecified atom stereocenters. The average molecular weight is 595 g/mol. The average Bonchev–Trinajstić information content (AvgIpc) is 2.99. The number of ether oxygens (including phenoxy) is 1. The number of carbonyl (C=O) groups excluding carboxylic acids is 1. The van der Waals surface area contributed by atoms with Crippen LogP contribution in [-0.2, 0) is 6.54 Å². The van der Waals surface area contributed by atoms with Crippen molar-refractivity contribution in [2.45, 2.75) is 65.0 Å². The van der Waals surface area contributed by atoms with Crippen molar-refractivity contribution in [3.8, 4) is 22.6 Å². The lowest BCUT2D eigenvalue weighted by molar-refractivity contribution is -0.0503. The Morgan fingerprint density at radius 3 is 2.25 bits per heavy atom. The summed E-state index contributed by atoms with van der Waals surface area (Å²) in [6.45, 7) is 9.50. The number of aromatic hydroxyl groups is 1. The van der Waals surface area contributed by atoms with E-state index < -0.39 is 0 Å². The minimum absolute atomic E-state index is 0.0710. The lowest BCUT2D eigenvalue weighted by Gasteiger charge is -2.56. The zero-order valence-electron chi connectivity index (χ0n) is 26.2. The van der Waals surface area contributed by atoms with Crippen LogP contribution < -0.4 is 15.0 Å². The highest BCUT2D eigenvalue weighted by molar-refractivity contribution is 5.94. The summed E-state index contributed by atoms with van der Waals surface area (Å²) in [5.41, 5.74) is 5.33. The first kappa shape index (κ1) is 29.1. The third-order valence-electron chi connectivity index (χ3n) is 10.5. The normalized spacial score (nSPS) is 26.2. The zero-order valence-corrected chi connectivity index (χ0v) is 26.2. The molecule has 1 aromatic heterocycles. The van der Waals surface area contributed by atoms with E-state index in [0.29, 0.717) is 5.41 Å². The molecule has 4 bridgehead atoms. The van der Waals surface area contributed by atoms with Crippen molar-refractivity contribution in [3.63, 3.8) is 0 Å². The van der Waals surface area contributed by atoms with E-state index in [9.17, 15) is 9.90 Å². The van der Waals surface area contributed by atoms with E-state index in [1.54, 1.807) is 12.3 Å². The van der Waals surface area contributed by atoms with Gasteiger partial charge in [-0.3, -0.25) is 14.7 Å². The molecular weight excluding hydrogens is 548 g/mol. The van der Waals surface area contributed by atoms with Gasteiger partial charge in [0.15, 0.2) is 0 Å². The van der Waals surface area contributed by atoms with Gasteiger partial charge in [0.1, 0.15) is 11.5 Å². The monoisotopic (exact) mass is 594 g/mol. The van der Waals surface area contributed by atoms with E-state index in [0.717, 1.165) is 79.5 Å². The number of benzene rings is 2. The molecule has 2 heterocycles. The second-order valence-corrected chi connectivity index (χ2v) is 14.4. The Balaban J connectivity index is 0.939. The molecular formula is C37H46N4O3. The molecule has 1 amide bonds. The van der Waals surface area contributed by atoms with Crippen LogP contribution in [0.2, 0.25) is 0 Å². The van der Waals surface area contributed by atoms with Crippen molar-refractivity contribution >= 4 is 11.6 Å². The van der Waals surface area contributed by atoms with Crippen molar-refractivity contribution in [2.75, 3.05) is 37.6 Å². The summed E-state index contributed by atoms with van der Waals surface area (Å²) in [6.07, 6.45) is 11.5. The van der Waals surface area contributed by atoms with Gasteiger partial charge in [-0.05, 0) is 135 Å². The summed E-state index contributed by atoms with van der Waals surface area (Å²) in [6, 6.07) is 16.3. The largest absolute Gasteiger partial charge is 0.506 e. The minimum atomic E-state index is 0.0710. The molecule has 8 rings (SSSR count). The van der Waals surface area contributed by atoms with Crippen LogP contribution in [0.5, 0.6) is 11.5 Å². The Bertz CT molecular complexity index is 1440. The number of amides is 1. The van der Waals surface area contributed by atoms with Gasteiger partial charge in [0.25, 0.3) is 5.91 Å². The Morgan fingerprint density at radius 2 is 1.61 bits per heavy atom. The standard InChI is InChI=1S/C37H46N4O3/c1-25(2)44-35-15-29(14-31(17-35)32-16-34(42)22-38-21-32)23-40-7-9-41(10-8-40)33-5-3-30(4-6-33)36(43)39-24-37-18-26-11-27(19-37)13-28(12-26)20-37/h3-6,14-17,21-22,25-28,42H,7-13,18-20,23-24H2,1-2H3,(H,39,43). The van der Waals surface area contributed by atoms with Crippen molar-refractivity contribution < 1.29 is 14.6 Å². The molecule has 2 aromatic carbocycles. The van der Waals surface area contributed by atoms with Crippen molar-refractivity contribution in [3.05, 3.63) is 72.1 Å². The predicted molar refractivity (Wildman–Crippen MR) is 174 cm³/mol. The first-order chi connectivity index (χ1) is 21.3. The zero-order chi connectivity index (χ0) is 30.3. The molecule has 0 atom stereocenters. The van der Waals surface area contributed by atoms with Crippen molar-refractivity contribution in [2.24, 2.45) is 23.2 Å². The number of piperazine rings is 1. The molecule has 4 aliphatic carbocycles. The Morgan fingerprint density at radius 1 is 0.932 bits per heavy atom. The third-order valence-corrected chi connectivity index (χ3v) is 10.5. The van der Waals surface area contributed by atoms with Gasteiger partial charge in [-0.15, -0.1) is 0 Å². The van der Waals surface area contributed by atoms with E-state index >= 15 is 0 Å². The van der Waals surface area contributed by atoms with Crippen LogP contribution >= 0.6 is 0 Å². The highest BCUT2D eigenvalue weighted by Gasteiger charge is 2.50. The summed E-state index contributed by atoms with van der Waals surface area (Å²) in [7, 11) is 0. The van der Waals surface area contributed by atoms with Gasteiger partial charge in [0, 0.05) is 62.3 Å². The molecule has 5 fully saturated rings. The van der Waals surface area contributed by atoms with Gasteiger partial charge >= 0.3 is 0 Å². The van der Waals surface area contributed by atoms with Crippen LogP contribution in [0.1, 0.15) is 68.3 Å². The molecule has 3 aromatic rings. The maximum Gasteiger partial charge on any atom is 0.251 e. The SMILES string of the molecule is CC(C)Oc1cc(CN2CCN(c3ccc(C(=O)NCC45CC6CC(CC(C6)C4)C5)cc3)CC2)cc(-c2cncc(O)c2)c1. The molecule has 0 spiro atoms. The van der Waals surface area contributed by atoms with Crippen LogP contribution in [0.4, 0.5) is 5.69 Å². The molecule has 5 aliphatic rings. The smallest absolute Gasteiger partial charge is 0.251 e. The van der Waals surface area contributed by atoms with E-state index in [1.807, 2.05) is 32.0 Å². The van der Waals surface area contributed by atoms with Crippen LogP contribution in [-0.4, -0.2) is 59.7 Å². The number of hydrogen-bond donors (Lipinski definition) is 2. The number of anilines is 1. The van der Waals surface area contributed by atoms with Crippen LogP contribution in [0.3, 0.4) is 0 Å². The van der Waals surface area contributed by atoms with Gasteiger partial charge in [-0.1, -0.05) is 0 Å². The summed E-state index contributed by atoms with van der Waals surface area (Å²) < 4.78 is 6.07. The lowest BCUT2D eigenvalue weighted by atomic mass is 9.49. The number of hydrogen-bond acceptors (Lipinski definition) is 6. The maximum absolute atomic E-state index is 13.1. The molecule has 232 valence electrons. The number of nitrogens with one attached hydrogen (secondary N) is 1. The number of pyridine rings is 1.